The molecule has 1 aromatic heterocycles. The molecule has 2 aromatic rings. The number of carbonyl (C=O) groups excluding carboxylic acids is 1. The molecule has 118 valence electrons. The number of aromatic nitrogens is 1. The van der Waals surface area contributed by atoms with Gasteiger partial charge in [-0.2, -0.15) is 0 Å². The smallest absolute Gasteiger partial charge is 0.254 e. The number of amides is 1. The van der Waals surface area contributed by atoms with E-state index in [4.69, 9.17) is 0 Å². The third kappa shape index (κ3) is 2.68. The van der Waals surface area contributed by atoms with Gasteiger partial charge in [0, 0.05) is 0 Å². The molecule has 0 radical (unpaired) electrons. The molecule has 6 heteroatoms. The van der Waals surface area contributed by atoms with E-state index in [2.05, 4.69) is 20.6 Å². The number of rotatable bonds is 3. The van der Waals surface area contributed by atoms with Gasteiger partial charge in [-0.3, -0.25) is 9.79 Å². The van der Waals surface area contributed by atoms with Crippen LogP contribution in [0, 0.1) is 6.92 Å². The summed E-state index contributed by atoms with van der Waals surface area (Å²) in [6, 6.07) is 7.85. The fourth-order valence-corrected chi connectivity index (χ4v) is 3.95. The molecule has 0 spiro atoms. The lowest BCUT2D eigenvalue weighted by atomic mass is 10.0. The summed E-state index contributed by atoms with van der Waals surface area (Å²) in [6.45, 7) is 3.00. The van der Waals surface area contributed by atoms with Crippen molar-refractivity contribution in [3.05, 3.63) is 41.0 Å². The summed E-state index contributed by atoms with van der Waals surface area (Å²) in [7, 11) is 0. The van der Waals surface area contributed by atoms with Gasteiger partial charge in [0.2, 0.25) is 0 Å². The number of benzene rings is 1. The van der Waals surface area contributed by atoms with Gasteiger partial charge in [-0.15, -0.1) is 11.3 Å². The second kappa shape index (κ2) is 5.86. The van der Waals surface area contributed by atoms with Gasteiger partial charge in [0.1, 0.15) is 5.84 Å². The van der Waals surface area contributed by atoms with Gasteiger partial charge >= 0.3 is 0 Å². The van der Waals surface area contributed by atoms with E-state index in [1.807, 2.05) is 36.7 Å². The number of carbonyl (C=O) groups is 1. The molecule has 0 bridgehead atoms. The van der Waals surface area contributed by atoms with Crippen molar-refractivity contribution in [3.63, 3.8) is 0 Å². The molecule has 1 saturated heterocycles. The highest BCUT2D eigenvalue weighted by atomic mass is 32.1. The van der Waals surface area contributed by atoms with Crippen LogP contribution in [-0.2, 0) is 4.79 Å². The van der Waals surface area contributed by atoms with Crippen molar-refractivity contribution >= 4 is 23.1 Å². The number of nitrogens with one attached hydrogen (secondary N) is 2. The summed E-state index contributed by atoms with van der Waals surface area (Å²) >= 11 is 1.63. The normalized spacial score (nSPS) is 23.9. The second-order valence-electron chi connectivity index (χ2n) is 5.94. The first-order valence-electron chi connectivity index (χ1n) is 7.85. The Balaban J connectivity index is 1.58. The number of aliphatic imine (C=N–C) groups is 1. The predicted molar refractivity (Wildman–Crippen MR) is 91.6 cm³/mol. The number of nitrogens with zero attached hydrogens (tertiary/aromatic N) is 2. The Morgan fingerprint density at radius 2 is 2.09 bits per heavy atom. The fourth-order valence-electron chi connectivity index (χ4n) is 3.14. The van der Waals surface area contributed by atoms with Crippen LogP contribution < -0.4 is 10.6 Å². The van der Waals surface area contributed by atoms with Gasteiger partial charge in [-0.25, -0.2) is 4.98 Å². The highest BCUT2D eigenvalue weighted by molar-refractivity contribution is 7.13. The van der Waals surface area contributed by atoms with Gasteiger partial charge in [-0.05, 0) is 37.4 Å². The molecule has 5 nitrogen and oxygen atoms in total. The number of aryl methyl sites for hydroxylation is 1. The highest BCUT2D eigenvalue weighted by Gasteiger charge is 2.32. The predicted octanol–water partition coefficient (Wildman–Crippen LogP) is 2.44. The van der Waals surface area contributed by atoms with E-state index >= 15 is 0 Å². The molecule has 2 N–H and O–H groups in total. The Labute approximate surface area is 138 Å². The Bertz CT molecular complexity index is 759. The zero-order valence-electron chi connectivity index (χ0n) is 12.9. The quantitative estimate of drug-likeness (QED) is 0.910. The Morgan fingerprint density at radius 1 is 1.26 bits per heavy atom. The summed E-state index contributed by atoms with van der Waals surface area (Å²) in [4.78, 5) is 22.3. The Kier molecular flexibility index (Phi) is 3.71. The number of thiazole rings is 1. The summed E-state index contributed by atoms with van der Waals surface area (Å²) < 4.78 is 0. The van der Waals surface area contributed by atoms with Crippen LogP contribution >= 0.6 is 11.3 Å². The largest absolute Gasteiger partial charge is 0.311 e. The molecule has 0 aliphatic carbocycles. The number of hydrogen-bond acceptors (Lipinski definition) is 5. The lowest BCUT2D eigenvalue weighted by Crippen LogP contribution is -2.39. The van der Waals surface area contributed by atoms with Gasteiger partial charge < -0.3 is 10.6 Å². The SMILES string of the molecule is Cc1ncsc1-c1ccc(C2N=C(C3CCCN3)NC2=O)cc1. The summed E-state index contributed by atoms with van der Waals surface area (Å²) in [6.07, 6.45) is 2.17. The maximum absolute atomic E-state index is 12.2. The third-order valence-corrected chi connectivity index (χ3v) is 5.37. The summed E-state index contributed by atoms with van der Waals surface area (Å²) in [5, 5.41) is 6.31. The summed E-state index contributed by atoms with van der Waals surface area (Å²) in [5.74, 6) is 0.760. The van der Waals surface area contributed by atoms with Gasteiger partial charge in [0.25, 0.3) is 5.91 Å². The molecule has 1 aromatic carbocycles. The van der Waals surface area contributed by atoms with Gasteiger partial charge in [0.05, 0.1) is 22.1 Å². The van der Waals surface area contributed by atoms with Crippen molar-refractivity contribution in [2.45, 2.75) is 31.8 Å². The molecule has 2 unspecified atom stereocenters. The monoisotopic (exact) mass is 326 g/mol. The molecular weight excluding hydrogens is 308 g/mol. The van der Waals surface area contributed by atoms with Crippen LogP contribution in [0.25, 0.3) is 10.4 Å². The molecular formula is C17H18N4OS. The van der Waals surface area contributed by atoms with Crippen LogP contribution in [0.4, 0.5) is 0 Å². The molecule has 1 amide bonds. The Hall–Kier alpha value is -2.05. The van der Waals surface area contributed by atoms with Gasteiger partial charge in [-0.1, -0.05) is 24.3 Å². The molecule has 1 fully saturated rings. The molecule has 3 heterocycles. The third-order valence-electron chi connectivity index (χ3n) is 4.39. The topological polar surface area (TPSA) is 66.4 Å². The molecule has 0 saturated carbocycles. The zero-order valence-corrected chi connectivity index (χ0v) is 13.7. The number of amidine groups is 1. The first kappa shape index (κ1) is 14.5. The van der Waals surface area contributed by atoms with Crippen LogP contribution in [0.1, 0.15) is 30.1 Å². The first-order chi connectivity index (χ1) is 11.2. The van der Waals surface area contributed by atoms with E-state index in [1.54, 1.807) is 11.3 Å². The average Bonchev–Trinajstić information content (AvgIpc) is 3.28. The Morgan fingerprint density at radius 3 is 2.74 bits per heavy atom. The van der Waals surface area contributed by atoms with Crippen LogP contribution in [0.5, 0.6) is 0 Å². The molecule has 2 atom stereocenters. The fraction of sp³-hybridized carbons (Fsp3) is 0.353. The lowest BCUT2D eigenvalue weighted by molar-refractivity contribution is -0.120. The minimum absolute atomic E-state index is 0.0320. The maximum atomic E-state index is 12.2. The molecule has 2 aliphatic heterocycles. The lowest BCUT2D eigenvalue weighted by Gasteiger charge is -2.08. The maximum Gasteiger partial charge on any atom is 0.254 e. The van der Waals surface area contributed by atoms with Crippen molar-refractivity contribution < 1.29 is 4.79 Å². The highest BCUT2D eigenvalue weighted by Crippen LogP contribution is 2.30. The average molecular weight is 326 g/mol. The second-order valence-corrected chi connectivity index (χ2v) is 6.80. The summed E-state index contributed by atoms with van der Waals surface area (Å²) in [5.41, 5.74) is 4.96. The van der Waals surface area contributed by atoms with Crippen molar-refractivity contribution in [1.29, 1.82) is 0 Å². The van der Waals surface area contributed by atoms with Crippen LogP contribution in [-0.4, -0.2) is 29.3 Å². The van der Waals surface area contributed by atoms with Crippen LogP contribution in [0.2, 0.25) is 0 Å². The van der Waals surface area contributed by atoms with E-state index in [9.17, 15) is 4.79 Å². The van der Waals surface area contributed by atoms with E-state index in [0.29, 0.717) is 0 Å². The molecule has 2 aliphatic rings. The van der Waals surface area contributed by atoms with Crippen molar-refractivity contribution in [2.75, 3.05) is 6.54 Å². The van der Waals surface area contributed by atoms with E-state index in [-0.39, 0.29) is 11.9 Å². The van der Waals surface area contributed by atoms with Gasteiger partial charge in [0.15, 0.2) is 6.04 Å². The first-order valence-corrected chi connectivity index (χ1v) is 8.73. The van der Waals surface area contributed by atoms with Crippen LogP contribution in [0.3, 0.4) is 0 Å². The zero-order chi connectivity index (χ0) is 15.8. The van der Waals surface area contributed by atoms with E-state index in [0.717, 1.165) is 42.0 Å². The van der Waals surface area contributed by atoms with E-state index < -0.39 is 6.04 Å². The van der Waals surface area contributed by atoms with Crippen molar-refractivity contribution in [1.82, 2.24) is 15.6 Å². The number of hydrogen-bond donors (Lipinski definition) is 2. The molecule has 4 rings (SSSR count). The minimum atomic E-state index is -0.427. The molecule has 23 heavy (non-hydrogen) atoms. The van der Waals surface area contributed by atoms with Crippen molar-refractivity contribution in [3.8, 4) is 10.4 Å². The minimum Gasteiger partial charge on any atom is -0.311 e. The standard InChI is InChI=1S/C17H18N4OS/c1-10-15(23-9-19-10)12-6-4-11(5-7-12)14-17(22)21-16(20-14)13-3-2-8-18-13/h4-7,9,13-14,18H,2-3,8H2,1H3,(H,20,21,22). The van der Waals surface area contributed by atoms with Crippen molar-refractivity contribution in [2.24, 2.45) is 4.99 Å². The van der Waals surface area contributed by atoms with Crippen LogP contribution in [0.15, 0.2) is 34.8 Å². The van der Waals surface area contributed by atoms with E-state index in [1.165, 1.54) is 4.88 Å².